The van der Waals surface area contributed by atoms with Gasteiger partial charge in [-0.05, 0) is 42.7 Å². The Morgan fingerprint density at radius 3 is 2.72 bits per heavy atom. The third-order valence-electron chi connectivity index (χ3n) is 4.69. The van der Waals surface area contributed by atoms with Gasteiger partial charge in [0.25, 0.3) is 0 Å². The fourth-order valence-electron chi connectivity index (χ4n) is 3.05. The monoisotopic (exact) mass is 476 g/mol. The molecule has 0 bridgehead atoms. The Morgan fingerprint density at radius 2 is 2.06 bits per heavy atom. The lowest BCUT2D eigenvalue weighted by Gasteiger charge is -2.15. The van der Waals surface area contributed by atoms with Gasteiger partial charge in [-0.25, -0.2) is 9.89 Å². The third kappa shape index (κ3) is 5.33. The number of ether oxygens (including phenoxy) is 1. The zero-order valence-corrected chi connectivity index (χ0v) is 19.4. The summed E-state index contributed by atoms with van der Waals surface area (Å²) in [6.07, 6.45) is 1.29. The van der Waals surface area contributed by atoms with Crippen molar-refractivity contribution in [3.63, 3.8) is 0 Å². The normalized spacial score (nSPS) is 19.8. The quantitative estimate of drug-likeness (QED) is 0.449. The molecule has 2 atom stereocenters. The van der Waals surface area contributed by atoms with Gasteiger partial charge < -0.3 is 19.5 Å². The molecule has 3 rings (SSSR count). The molecule has 0 spiro atoms. The van der Waals surface area contributed by atoms with E-state index in [-0.39, 0.29) is 21.7 Å². The van der Waals surface area contributed by atoms with Crippen LogP contribution in [-0.4, -0.2) is 51.7 Å². The fraction of sp³-hybridized carbons (Fsp3) is 0.304. The van der Waals surface area contributed by atoms with Crippen molar-refractivity contribution in [2.45, 2.75) is 26.4 Å². The summed E-state index contributed by atoms with van der Waals surface area (Å²) in [4.78, 5) is 19.3. The maximum atomic E-state index is 13.3. The van der Waals surface area contributed by atoms with Crippen LogP contribution in [0.1, 0.15) is 24.5 Å². The third-order valence-corrected chi connectivity index (χ3v) is 6.32. The van der Waals surface area contributed by atoms with Crippen molar-refractivity contribution < 1.29 is 24.3 Å². The van der Waals surface area contributed by atoms with Crippen molar-refractivity contribution >= 4 is 45.6 Å². The summed E-state index contributed by atoms with van der Waals surface area (Å²) >= 11 is 4.52. The van der Waals surface area contributed by atoms with E-state index < -0.39 is 29.8 Å². The fourth-order valence-corrected chi connectivity index (χ4v) is 4.54. The molecule has 1 aliphatic rings. The first-order chi connectivity index (χ1) is 15.4. The van der Waals surface area contributed by atoms with E-state index in [1.807, 2.05) is 32.0 Å². The Kier molecular flexibility index (Phi) is 8.33. The van der Waals surface area contributed by atoms with Crippen molar-refractivity contribution in [2.75, 3.05) is 24.7 Å². The molecule has 2 aromatic rings. The first kappa shape index (κ1) is 24.3. The van der Waals surface area contributed by atoms with Gasteiger partial charge in [-0.1, -0.05) is 42.8 Å². The lowest BCUT2D eigenvalue weighted by molar-refractivity contribution is -0.113. The van der Waals surface area contributed by atoms with Crippen LogP contribution in [0.5, 0.6) is 5.75 Å². The summed E-state index contributed by atoms with van der Waals surface area (Å²) in [5.74, 6) is -0.0677. The van der Waals surface area contributed by atoms with Crippen molar-refractivity contribution in [1.29, 1.82) is 0 Å². The van der Waals surface area contributed by atoms with Gasteiger partial charge in [0.15, 0.2) is 0 Å². The molecule has 1 amide bonds. The van der Waals surface area contributed by atoms with Crippen LogP contribution >= 0.6 is 11.6 Å². The standard InChI is InChI=1S/C23H25ClN2O5S/c1-3-10-25-23-26(19-7-5-4-6-15(19)2)22(29)21(32(23)30)12-16-8-9-20(18(24)11-16)31-14-17(28)13-27/h4-9,11-12,17,27-28H,3,10,13-14H2,1-2H3/b21-12-,25-23-/t17-,32?/m1/s1. The minimum atomic E-state index is -1.74. The molecule has 0 radical (unpaired) electrons. The summed E-state index contributed by atoms with van der Waals surface area (Å²) in [6, 6.07) is 12.2. The summed E-state index contributed by atoms with van der Waals surface area (Å²) < 4.78 is 18.6. The molecule has 1 unspecified atom stereocenters. The number of amidine groups is 1. The zero-order valence-electron chi connectivity index (χ0n) is 17.8. The summed E-state index contributed by atoms with van der Waals surface area (Å²) in [7, 11) is 0. The topological polar surface area (TPSA) is 105 Å². The number of halogens is 1. The van der Waals surface area contributed by atoms with E-state index in [1.165, 1.54) is 11.0 Å². The molecular weight excluding hydrogens is 452 g/mol. The number of anilines is 1. The molecular formula is C23H25ClN2O5S. The van der Waals surface area contributed by atoms with Gasteiger partial charge in [0, 0.05) is 12.6 Å². The van der Waals surface area contributed by atoms with Crippen molar-refractivity contribution in [1.82, 2.24) is 0 Å². The number of hydrogen-bond donors (Lipinski definition) is 2. The zero-order chi connectivity index (χ0) is 23.3. The van der Waals surface area contributed by atoms with E-state index in [0.717, 1.165) is 12.0 Å². The van der Waals surface area contributed by atoms with Gasteiger partial charge in [0.1, 0.15) is 18.5 Å². The molecule has 1 aliphatic heterocycles. The summed E-state index contributed by atoms with van der Waals surface area (Å²) in [6.45, 7) is 3.78. The first-order valence-corrected chi connectivity index (χ1v) is 11.7. The van der Waals surface area contributed by atoms with Crippen LogP contribution in [0, 0.1) is 6.92 Å². The SMILES string of the molecule is CCC/N=C1/N(c2ccccc2C)C(=O)/C(=C/c2ccc(OC[C@H](O)CO)c(Cl)c2)[S+]1[O-]. The minimum Gasteiger partial charge on any atom is -0.604 e. The van der Waals surface area contributed by atoms with Gasteiger partial charge >= 0.3 is 11.1 Å². The van der Waals surface area contributed by atoms with Crippen molar-refractivity contribution in [2.24, 2.45) is 4.99 Å². The van der Waals surface area contributed by atoms with E-state index in [2.05, 4.69) is 4.99 Å². The number of amides is 1. The number of carbonyl (C=O) groups excluding carboxylic acids is 1. The van der Waals surface area contributed by atoms with E-state index in [9.17, 15) is 14.5 Å². The number of aliphatic hydroxyl groups is 2. The minimum absolute atomic E-state index is 0.109. The second-order valence-electron chi connectivity index (χ2n) is 7.21. The average molecular weight is 477 g/mol. The number of aliphatic imine (C=N–C) groups is 1. The van der Waals surface area contributed by atoms with Gasteiger partial charge in [-0.3, -0.25) is 4.79 Å². The first-order valence-electron chi connectivity index (χ1n) is 10.2. The predicted molar refractivity (Wildman–Crippen MR) is 127 cm³/mol. The van der Waals surface area contributed by atoms with Gasteiger partial charge in [-0.15, -0.1) is 0 Å². The Bertz CT molecular complexity index is 1040. The highest BCUT2D eigenvalue weighted by Crippen LogP contribution is 2.34. The highest BCUT2D eigenvalue weighted by Gasteiger charge is 2.47. The van der Waals surface area contributed by atoms with E-state index in [0.29, 0.717) is 23.5 Å². The van der Waals surface area contributed by atoms with Crippen LogP contribution in [0.3, 0.4) is 0 Å². The number of para-hydroxylation sites is 1. The number of carbonyl (C=O) groups is 1. The van der Waals surface area contributed by atoms with E-state index in [4.69, 9.17) is 21.4 Å². The molecule has 2 aromatic carbocycles. The maximum absolute atomic E-state index is 13.3. The second kappa shape index (κ2) is 11.0. The lowest BCUT2D eigenvalue weighted by atomic mass is 10.1. The number of rotatable bonds is 8. The molecule has 0 saturated carbocycles. The van der Waals surface area contributed by atoms with Crippen LogP contribution in [0.2, 0.25) is 5.02 Å². The predicted octanol–water partition coefficient (Wildman–Crippen LogP) is 3.28. The maximum Gasteiger partial charge on any atom is 0.332 e. The highest BCUT2D eigenvalue weighted by molar-refractivity contribution is 8.12. The van der Waals surface area contributed by atoms with Crippen molar-refractivity contribution in [3.8, 4) is 5.75 Å². The Hall–Kier alpha value is -2.36. The molecule has 0 aromatic heterocycles. The molecule has 9 heteroatoms. The summed E-state index contributed by atoms with van der Waals surface area (Å²) in [5.41, 5.74) is 2.09. The molecule has 1 heterocycles. The van der Waals surface area contributed by atoms with Crippen LogP contribution in [0.15, 0.2) is 52.4 Å². The molecule has 7 nitrogen and oxygen atoms in total. The summed E-state index contributed by atoms with van der Waals surface area (Å²) in [5, 5.41) is 18.8. The number of nitrogens with zero attached hydrogens (tertiary/aromatic N) is 2. The van der Waals surface area contributed by atoms with Crippen molar-refractivity contribution in [3.05, 3.63) is 63.5 Å². The molecule has 170 valence electrons. The largest absolute Gasteiger partial charge is 0.604 e. The smallest absolute Gasteiger partial charge is 0.332 e. The van der Waals surface area contributed by atoms with Crippen LogP contribution in [0.4, 0.5) is 5.69 Å². The van der Waals surface area contributed by atoms with Crippen LogP contribution in [-0.2, 0) is 16.0 Å². The second-order valence-corrected chi connectivity index (χ2v) is 8.96. The Labute approximate surface area is 195 Å². The van der Waals surface area contributed by atoms with Gasteiger partial charge in [0.2, 0.25) is 4.91 Å². The highest BCUT2D eigenvalue weighted by atomic mass is 35.5. The van der Waals surface area contributed by atoms with Crippen LogP contribution in [0.25, 0.3) is 6.08 Å². The Morgan fingerprint density at radius 1 is 1.31 bits per heavy atom. The van der Waals surface area contributed by atoms with Crippen LogP contribution < -0.4 is 9.64 Å². The average Bonchev–Trinajstić information content (AvgIpc) is 3.01. The van der Waals surface area contributed by atoms with Gasteiger partial charge in [-0.2, -0.15) is 0 Å². The Balaban J connectivity index is 1.94. The van der Waals surface area contributed by atoms with E-state index >= 15 is 0 Å². The lowest BCUT2D eigenvalue weighted by Crippen LogP contribution is -2.31. The molecule has 1 fully saturated rings. The number of aryl methyl sites for hydroxylation is 1. The molecule has 1 saturated heterocycles. The van der Waals surface area contributed by atoms with Gasteiger partial charge in [0.05, 0.1) is 28.5 Å². The number of benzene rings is 2. The number of aliphatic hydroxyl groups excluding tert-OH is 2. The van der Waals surface area contributed by atoms with E-state index in [1.54, 1.807) is 24.3 Å². The number of hydrogen-bond acceptors (Lipinski definition) is 6. The molecule has 32 heavy (non-hydrogen) atoms. The molecule has 2 N–H and O–H groups in total. The molecule has 0 aliphatic carbocycles.